The zero-order chi connectivity index (χ0) is 15.1. The zero-order valence-electron chi connectivity index (χ0n) is 12.9. The van der Waals surface area contributed by atoms with Gasteiger partial charge < -0.3 is 20.3 Å². The van der Waals surface area contributed by atoms with E-state index in [2.05, 4.69) is 10.6 Å². The summed E-state index contributed by atoms with van der Waals surface area (Å²) in [5.74, 6) is 0.782. The van der Waals surface area contributed by atoms with Gasteiger partial charge in [-0.15, -0.1) is 0 Å². The minimum Gasteiger partial charge on any atom is -0.497 e. The largest absolute Gasteiger partial charge is 0.497 e. The Bertz CT molecular complexity index is 441. The van der Waals surface area contributed by atoms with E-state index in [9.17, 15) is 4.79 Å². The van der Waals surface area contributed by atoms with E-state index in [0.29, 0.717) is 6.04 Å². The van der Waals surface area contributed by atoms with Crippen molar-refractivity contribution in [2.45, 2.75) is 31.7 Å². The molecular formula is C16H25N3O2. The number of methoxy groups -OCH3 is 1. The highest BCUT2D eigenvalue weighted by Crippen LogP contribution is 2.15. The molecule has 116 valence electrons. The molecule has 5 nitrogen and oxygen atoms in total. The summed E-state index contributed by atoms with van der Waals surface area (Å²) >= 11 is 0. The van der Waals surface area contributed by atoms with Crippen molar-refractivity contribution in [1.29, 1.82) is 0 Å². The molecule has 0 bridgehead atoms. The summed E-state index contributed by atoms with van der Waals surface area (Å²) in [6.45, 7) is 1.87. The van der Waals surface area contributed by atoms with Gasteiger partial charge in [-0.1, -0.05) is 6.42 Å². The van der Waals surface area contributed by atoms with E-state index in [-0.39, 0.29) is 6.03 Å². The van der Waals surface area contributed by atoms with Crippen molar-refractivity contribution in [2.24, 2.45) is 0 Å². The minimum atomic E-state index is -0.0732. The third-order valence-electron chi connectivity index (χ3n) is 3.91. The average molecular weight is 291 g/mol. The van der Waals surface area contributed by atoms with Crippen LogP contribution in [0.5, 0.6) is 5.75 Å². The molecular weight excluding hydrogens is 266 g/mol. The van der Waals surface area contributed by atoms with Crippen LogP contribution >= 0.6 is 0 Å². The van der Waals surface area contributed by atoms with Crippen LogP contribution in [0.4, 0.5) is 10.5 Å². The molecule has 1 aliphatic rings. The Morgan fingerprint density at radius 3 is 2.76 bits per heavy atom. The van der Waals surface area contributed by atoms with Gasteiger partial charge in [0.2, 0.25) is 0 Å². The number of amides is 2. The lowest BCUT2D eigenvalue weighted by atomic mass is 10.0. The molecule has 2 N–H and O–H groups in total. The predicted octanol–water partition coefficient (Wildman–Crippen LogP) is 2.69. The van der Waals surface area contributed by atoms with Gasteiger partial charge in [-0.3, -0.25) is 0 Å². The SMILES string of the molecule is COc1ccc(NC(=O)N(C)CCC2CCCCN2)cc1. The number of urea groups is 1. The van der Waals surface area contributed by atoms with Crippen molar-refractivity contribution < 1.29 is 9.53 Å². The van der Waals surface area contributed by atoms with Crippen LogP contribution in [0, 0.1) is 0 Å². The average Bonchev–Trinajstić information content (AvgIpc) is 2.54. The van der Waals surface area contributed by atoms with Crippen molar-refractivity contribution in [3.63, 3.8) is 0 Å². The van der Waals surface area contributed by atoms with E-state index in [1.807, 2.05) is 31.3 Å². The Morgan fingerprint density at radius 1 is 1.38 bits per heavy atom. The van der Waals surface area contributed by atoms with E-state index in [1.54, 1.807) is 12.0 Å². The van der Waals surface area contributed by atoms with Crippen LogP contribution in [-0.4, -0.2) is 44.2 Å². The van der Waals surface area contributed by atoms with Crippen molar-refractivity contribution in [1.82, 2.24) is 10.2 Å². The molecule has 0 radical (unpaired) electrons. The summed E-state index contributed by atoms with van der Waals surface area (Å²) in [5, 5.41) is 6.40. The van der Waals surface area contributed by atoms with Crippen LogP contribution in [0.25, 0.3) is 0 Å². The monoisotopic (exact) mass is 291 g/mol. The first kappa shape index (κ1) is 15.6. The highest BCUT2D eigenvalue weighted by atomic mass is 16.5. The number of benzene rings is 1. The molecule has 2 amide bonds. The van der Waals surface area contributed by atoms with E-state index in [0.717, 1.165) is 30.9 Å². The lowest BCUT2D eigenvalue weighted by Crippen LogP contribution is -2.39. The topological polar surface area (TPSA) is 53.6 Å². The Balaban J connectivity index is 1.75. The summed E-state index contributed by atoms with van der Waals surface area (Å²) in [6, 6.07) is 7.83. The second-order valence-electron chi connectivity index (χ2n) is 5.52. The molecule has 1 atom stereocenters. The van der Waals surface area contributed by atoms with Crippen molar-refractivity contribution >= 4 is 11.7 Å². The Morgan fingerprint density at radius 2 is 2.14 bits per heavy atom. The number of anilines is 1. The molecule has 1 aromatic rings. The summed E-state index contributed by atoms with van der Waals surface area (Å²) in [7, 11) is 3.46. The second kappa shape index (κ2) is 7.88. The third-order valence-corrected chi connectivity index (χ3v) is 3.91. The Labute approximate surface area is 126 Å². The van der Waals surface area contributed by atoms with Crippen LogP contribution in [0.1, 0.15) is 25.7 Å². The van der Waals surface area contributed by atoms with Gasteiger partial charge in [-0.25, -0.2) is 4.79 Å². The maximum atomic E-state index is 12.1. The molecule has 0 aromatic heterocycles. The number of nitrogens with zero attached hydrogens (tertiary/aromatic N) is 1. The van der Waals surface area contributed by atoms with Gasteiger partial charge in [0, 0.05) is 25.3 Å². The fourth-order valence-corrected chi connectivity index (χ4v) is 2.51. The lowest BCUT2D eigenvalue weighted by molar-refractivity contribution is 0.218. The van der Waals surface area contributed by atoms with Gasteiger partial charge in [0.15, 0.2) is 0 Å². The van der Waals surface area contributed by atoms with E-state index < -0.39 is 0 Å². The zero-order valence-corrected chi connectivity index (χ0v) is 12.9. The number of ether oxygens (including phenoxy) is 1. The van der Waals surface area contributed by atoms with Gasteiger partial charge in [0.1, 0.15) is 5.75 Å². The van der Waals surface area contributed by atoms with Crippen molar-refractivity contribution in [3.8, 4) is 5.75 Å². The van der Waals surface area contributed by atoms with Gasteiger partial charge in [0.05, 0.1) is 7.11 Å². The Kier molecular flexibility index (Phi) is 5.87. The quantitative estimate of drug-likeness (QED) is 0.877. The van der Waals surface area contributed by atoms with Gasteiger partial charge in [0.25, 0.3) is 0 Å². The molecule has 1 fully saturated rings. The van der Waals surface area contributed by atoms with E-state index in [4.69, 9.17) is 4.74 Å². The highest BCUT2D eigenvalue weighted by Gasteiger charge is 2.15. The van der Waals surface area contributed by atoms with Crippen LogP contribution in [0.2, 0.25) is 0 Å². The summed E-state index contributed by atoms with van der Waals surface area (Å²) in [5.41, 5.74) is 0.781. The molecule has 1 aromatic carbocycles. The normalized spacial score (nSPS) is 18.1. The molecule has 21 heavy (non-hydrogen) atoms. The highest BCUT2D eigenvalue weighted by molar-refractivity contribution is 5.89. The van der Waals surface area contributed by atoms with Gasteiger partial charge >= 0.3 is 6.03 Å². The summed E-state index contributed by atoms with van der Waals surface area (Å²) in [4.78, 5) is 13.8. The van der Waals surface area contributed by atoms with Crippen LogP contribution in [0.3, 0.4) is 0 Å². The number of hydrogen-bond acceptors (Lipinski definition) is 3. The molecule has 0 aliphatic carbocycles. The van der Waals surface area contributed by atoms with Crippen molar-refractivity contribution in [2.75, 3.05) is 32.6 Å². The molecule has 0 spiro atoms. The number of nitrogens with one attached hydrogen (secondary N) is 2. The van der Waals surface area contributed by atoms with E-state index in [1.165, 1.54) is 19.3 Å². The molecule has 1 heterocycles. The first-order chi connectivity index (χ1) is 10.2. The molecule has 5 heteroatoms. The molecule has 1 aliphatic heterocycles. The lowest BCUT2D eigenvalue weighted by Gasteiger charge is -2.26. The molecule has 1 unspecified atom stereocenters. The maximum absolute atomic E-state index is 12.1. The van der Waals surface area contributed by atoms with Crippen LogP contribution in [0.15, 0.2) is 24.3 Å². The third kappa shape index (κ3) is 4.93. The van der Waals surface area contributed by atoms with Gasteiger partial charge in [-0.2, -0.15) is 0 Å². The fraction of sp³-hybridized carbons (Fsp3) is 0.562. The maximum Gasteiger partial charge on any atom is 0.321 e. The van der Waals surface area contributed by atoms with Crippen LogP contribution < -0.4 is 15.4 Å². The summed E-state index contributed by atoms with van der Waals surface area (Å²) < 4.78 is 5.10. The number of hydrogen-bond donors (Lipinski definition) is 2. The molecule has 0 saturated carbocycles. The molecule has 1 saturated heterocycles. The minimum absolute atomic E-state index is 0.0732. The van der Waals surface area contributed by atoms with E-state index >= 15 is 0 Å². The van der Waals surface area contributed by atoms with Crippen LogP contribution in [-0.2, 0) is 0 Å². The number of rotatable bonds is 5. The number of piperidine rings is 1. The fourth-order valence-electron chi connectivity index (χ4n) is 2.51. The van der Waals surface area contributed by atoms with Gasteiger partial charge in [-0.05, 0) is 50.1 Å². The Hall–Kier alpha value is -1.75. The van der Waals surface area contributed by atoms with Crippen molar-refractivity contribution in [3.05, 3.63) is 24.3 Å². The first-order valence-corrected chi connectivity index (χ1v) is 7.58. The molecule has 2 rings (SSSR count). The number of carbonyl (C=O) groups excluding carboxylic acids is 1. The first-order valence-electron chi connectivity index (χ1n) is 7.58. The standard InChI is InChI=1S/C16H25N3O2/c1-19(12-10-13-5-3-4-11-17-13)16(20)18-14-6-8-15(21-2)9-7-14/h6-9,13,17H,3-5,10-12H2,1-2H3,(H,18,20). The summed E-state index contributed by atoms with van der Waals surface area (Å²) in [6.07, 6.45) is 4.78. The second-order valence-corrected chi connectivity index (χ2v) is 5.52. The predicted molar refractivity (Wildman–Crippen MR) is 84.9 cm³/mol. The smallest absolute Gasteiger partial charge is 0.321 e. The number of carbonyl (C=O) groups is 1.